The Morgan fingerprint density at radius 3 is 2.47 bits per heavy atom. The van der Waals surface area contributed by atoms with Crippen molar-refractivity contribution in [1.29, 1.82) is 0 Å². The lowest BCUT2D eigenvalue weighted by molar-refractivity contribution is 0.511. The SMILES string of the molecule is CCC(Nc1ccc(Cn2cccn2)cc1)C(C)C. The van der Waals surface area contributed by atoms with E-state index in [1.807, 2.05) is 23.1 Å². The summed E-state index contributed by atoms with van der Waals surface area (Å²) < 4.78 is 1.94. The zero-order valence-electron chi connectivity index (χ0n) is 12.0. The van der Waals surface area contributed by atoms with Crippen molar-refractivity contribution >= 4 is 5.69 Å². The fourth-order valence-corrected chi connectivity index (χ4v) is 2.24. The lowest BCUT2D eigenvalue weighted by atomic mass is 10.0. The molecular weight excluding hydrogens is 234 g/mol. The largest absolute Gasteiger partial charge is 0.382 e. The van der Waals surface area contributed by atoms with Gasteiger partial charge in [-0.15, -0.1) is 0 Å². The van der Waals surface area contributed by atoms with E-state index in [1.165, 1.54) is 11.3 Å². The van der Waals surface area contributed by atoms with E-state index in [9.17, 15) is 0 Å². The first-order valence-corrected chi connectivity index (χ1v) is 7.02. The molecule has 0 radical (unpaired) electrons. The molecule has 0 amide bonds. The predicted octanol–water partition coefficient (Wildman–Crippen LogP) is 3.78. The second-order valence-corrected chi connectivity index (χ2v) is 5.30. The van der Waals surface area contributed by atoms with Gasteiger partial charge in [0.2, 0.25) is 0 Å². The molecule has 0 saturated carbocycles. The highest BCUT2D eigenvalue weighted by atomic mass is 15.3. The minimum atomic E-state index is 0.539. The lowest BCUT2D eigenvalue weighted by Gasteiger charge is -2.22. The van der Waals surface area contributed by atoms with E-state index in [2.05, 4.69) is 55.5 Å². The van der Waals surface area contributed by atoms with Gasteiger partial charge in [-0.2, -0.15) is 5.10 Å². The Bertz CT molecular complexity index is 471. The van der Waals surface area contributed by atoms with Crippen LogP contribution in [0.15, 0.2) is 42.7 Å². The minimum Gasteiger partial charge on any atom is -0.382 e. The summed E-state index contributed by atoms with van der Waals surface area (Å²) in [4.78, 5) is 0. The fraction of sp³-hybridized carbons (Fsp3) is 0.438. The first-order chi connectivity index (χ1) is 9.19. The zero-order chi connectivity index (χ0) is 13.7. The van der Waals surface area contributed by atoms with Crippen LogP contribution in [0.2, 0.25) is 0 Å². The van der Waals surface area contributed by atoms with Crippen LogP contribution < -0.4 is 5.32 Å². The highest BCUT2D eigenvalue weighted by Gasteiger charge is 2.10. The highest BCUT2D eigenvalue weighted by Crippen LogP contribution is 2.16. The van der Waals surface area contributed by atoms with E-state index in [4.69, 9.17) is 0 Å². The number of aromatic nitrogens is 2. The maximum absolute atomic E-state index is 4.22. The van der Waals surface area contributed by atoms with Crippen molar-refractivity contribution in [3.05, 3.63) is 48.3 Å². The summed E-state index contributed by atoms with van der Waals surface area (Å²) in [6.07, 6.45) is 4.94. The third-order valence-corrected chi connectivity index (χ3v) is 3.45. The number of rotatable bonds is 6. The fourth-order valence-electron chi connectivity index (χ4n) is 2.24. The number of hydrogen-bond donors (Lipinski definition) is 1. The number of nitrogens with one attached hydrogen (secondary N) is 1. The first-order valence-electron chi connectivity index (χ1n) is 7.02. The molecule has 3 nitrogen and oxygen atoms in total. The second-order valence-electron chi connectivity index (χ2n) is 5.30. The van der Waals surface area contributed by atoms with Gasteiger partial charge < -0.3 is 5.32 Å². The molecule has 1 N–H and O–H groups in total. The molecule has 2 rings (SSSR count). The number of hydrogen-bond acceptors (Lipinski definition) is 2. The van der Waals surface area contributed by atoms with Gasteiger partial charge in [0, 0.05) is 24.1 Å². The summed E-state index contributed by atoms with van der Waals surface area (Å²) in [6, 6.07) is 11.1. The van der Waals surface area contributed by atoms with Gasteiger partial charge in [-0.3, -0.25) is 4.68 Å². The lowest BCUT2D eigenvalue weighted by Crippen LogP contribution is -2.24. The number of benzene rings is 1. The van der Waals surface area contributed by atoms with Crippen molar-refractivity contribution in [2.75, 3.05) is 5.32 Å². The second kappa shape index (κ2) is 6.41. The van der Waals surface area contributed by atoms with Crippen molar-refractivity contribution in [1.82, 2.24) is 9.78 Å². The molecule has 3 heteroatoms. The normalized spacial score (nSPS) is 12.6. The van der Waals surface area contributed by atoms with Gasteiger partial charge in [-0.1, -0.05) is 32.9 Å². The molecule has 1 aromatic heterocycles. The molecule has 1 atom stereocenters. The molecule has 0 aliphatic rings. The summed E-state index contributed by atoms with van der Waals surface area (Å²) in [5.74, 6) is 0.647. The Hall–Kier alpha value is -1.77. The smallest absolute Gasteiger partial charge is 0.0659 e. The highest BCUT2D eigenvalue weighted by molar-refractivity contribution is 5.45. The Morgan fingerprint density at radius 2 is 1.95 bits per heavy atom. The summed E-state index contributed by atoms with van der Waals surface area (Å²) >= 11 is 0. The summed E-state index contributed by atoms with van der Waals surface area (Å²) in [5.41, 5.74) is 2.47. The Kier molecular flexibility index (Phi) is 4.61. The first kappa shape index (κ1) is 13.7. The molecule has 1 aromatic carbocycles. The van der Waals surface area contributed by atoms with Gasteiger partial charge in [0.15, 0.2) is 0 Å². The van der Waals surface area contributed by atoms with E-state index in [0.29, 0.717) is 12.0 Å². The van der Waals surface area contributed by atoms with Crippen LogP contribution in [-0.4, -0.2) is 15.8 Å². The van der Waals surface area contributed by atoms with Crippen LogP contribution in [0.3, 0.4) is 0 Å². The average molecular weight is 257 g/mol. The Balaban J connectivity index is 1.98. The van der Waals surface area contributed by atoms with Gasteiger partial charge in [0.25, 0.3) is 0 Å². The summed E-state index contributed by atoms with van der Waals surface area (Å²) in [5, 5.41) is 7.81. The van der Waals surface area contributed by atoms with Crippen LogP contribution >= 0.6 is 0 Å². The number of anilines is 1. The molecule has 1 unspecified atom stereocenters. The van der Waals surface area contributed by atoms with Crippen LogP contribution in [0.1, 0.15) is 32.8 Å². The van der Waals surface area contributed by atoms with Gasteiger partial charge >= 0.3 is 0 Å². The molecule has 0 aliphatic heterocycles. The molecule has 0 spiro atoms. The topological polar surface area (TPSA) is 29.9 Å². The molecule has 0 fully saturated rings. The maximum Gasteiger partial charge on any atom is 0.0659 e. The monoisotopic (exact) mass is 257 g/mol. The van der Waals surface area contributed by atoms with Gasteiger partial charge in [-0.25, -0.2) is 0 Å². The molecule has 0 saturated heterocycles. The molecular formula is C16H23N3. The van der Waals surface area contributed by atoms with Crippen molar-refractivity contribution in [3.8, 4) is 0 Å². The molecule has 0 aliphatic carbocycles. The van der Waals surface area contributed by atoms with Crippen molar-refractivity contribution in [3.63, 3.8) is 0 Å². The third-order valence-electron chi connectivity index (χ3n) is 3.45. The maximum atomic E-state index is 4.22. The van der Waals surface area contributed by atoms with E-state index in [1.54, 1.807) is 0 Å². The molecule has 0 bridgehead atoms. The van der Waals surface area contributed by atoms with Crippen LogP contribution in [0.25, 0.3) is 0 Å². The van der Waals surface area contributed by atoms with Crippen molar-refractivity contribution in [2.45, 2.75) is 39.8 Å². The van der Waals surface area contributed by atoms with Gasteiger partial charge in [-0.05, 0) is 36.1 Å². The molecule has 19 heavy (non-hydrogen) atoms. The molecule has 2 aromatic rings. The van der Waals surface area contributed by atoms with Crippen molar-refractivity contribution in [2.24, 2.45) is 5.92 Å². The van der Waals surface area contributed by atoms with Crippen LogP contribution in [0.4, 0.5) is 5.69 Å². The zero-order valence-corrected chi connectivity index (χ0v) is 12.0. The van der Waals surface area contributed by atoms with Gasteiger partial charge in [0.05, 0.1) is 6.54 Å². The van der Waals surface area contributed by atoms with Crippen LogP contribution in [0.5, 0.6) is 0 Å². The van der Waals surface area contributed by atoms with E-state index < -0.39 is 0 Å². The summed E-state index contributed by atoms with van der Waals surface area (Å²) in [7, 11) is 0. The Labute approximate surface area is 115 Å². The quantitative estimate of drug-likeness (QED) is 0.853. The molecule has 1 heterocycles. The van der Waals surface area contributed by atoms with E-state index >= 15 is 0 Å². The third kappa shape index (κ3) is 3.85. The predicted molar refractivity (Wildman–Crippen MR) is 80.3 cm³/mol. The van der Waals surface area contributed by atoms with Crippen molar-refractivity contribution < 1.29 is 0 Å². The van der Waals surface area contributed by atoms with Crippen LogP contribution in [0, 0.1) is 5.92 Å². The van der Waals surface area contributed by atoms with E-state index in [0.717, 1.165) is 13.0 Å². The number of nitrogens with zero attached hydrogens (tertiary/aromatic N) is 2. The van der Waals surface area contributed by atoms with Gasteiger partial charge in [0.1, 0.15) is 0 Å². The Morgan fingerprint density at radius 1 is 1.21 bits per heavy atom. The average Bonchev–Trinajstić information content (AvgIpc) is 2.90. The van der Waals surface area contributed by atoms with Crippen LogP contribution in [-0.2, 0) is 6.54 Å². The van der Waals surface area contributed by atoms with E-state index in [-0.39, 0.29) is 0 Å². The minimum absolute atomic E-state index is 0.539. The molecule has 102 valence electrons. The summed E-state index contributed by atoms with van der Waals surface area (Å²) in [6.45, 7) is 7.57. The standard InChI is InChI=1S/C16H23N3/c1-4-16(13(2)3)18-15-8-6-14(7-9-15)12-19-11-5-10-17-19/h5-11,13,16,18H,4,12H2,1-3H3.